The van der Waals surface area contributed by atoms with Gasteiger partial charge in [-0.2, -0.15) is 16.4 Å². The Bertz CT molecular complexity index is 2190. The van der Waals surface area contributed by atoms with Gasteiger partial charge in [-0.15, -0.1) is 24.3 Å². The van der Waals surface area contributed by atoms with Crippen molar-refractivity contribution in [3.63, 3.8) is 0 Å². The van der Waals surface area contributed by atoms with Crippen LogP contribution in [0.15, 0.2) is 48.5 Å². The van der Waals surface area contributed by atoms with Crippen LogP contribution in [0.25, 0.3) is 0 Å². The van der Waals surface area contributed by atoms with Gasteiger partial charge in [0.25, 0.3) is 0 Å². The van der Waals surface area contributed by atoms with E-state index >= 15 is 0 Å². The molecule has 19 heteroatoms. The van der Waals surface area contributed by atoms with Crippen molar-refractivity contribution in [1.82, 2.24) is 0 Å². The van der Waals surface area contributed by atoms with E-state index in [-0.39, 0.29) is 52.4 Å². The summed E-state index contributed by atoms with van der Waals surface area (Å²) in [4.78, 5) is 0. The Morgan fingerprint density at radius 3 is 0.662 bits per heavy atom. The summed E-state index contributed by atoms with van der Waals surface area (Å²) in [6, 6.07) is 15.7. The van der Waals surface area contributed by atoms with Gasteiger partial charge in [0, 0.05) is 6.10 Å². The SMILES string of the molecule is C1CCCC1.C1CCCC1.CC1CCCC1.CC1CCCC1.Cc1ccc([C-](O)c2ccc(C)cc2)cc1.Fc1c(F)c(F)c([B-](c2c(F)c(F)c(F)c(F)c2F)c2c(F)c(F)c(F)c(F)c2F)c(F)c1F.[Zr+3].[Zr+3]. The first kappa shape index (κ1) is 66.8. The first-order chi connectivity index (χ1) is 34.1. The van der Waals surface area contributed by atoms with Crippen LogP contribution in [0, 0.1) is 119 Å². The van der Waals surface area contributed by atoms with E-state index in [0.29, 0.717) is 6.10 Å². The minimum atomic E-state index is -3.96. The van der Waals surface area contributed by atoms with Gasteiger partial charge in [0.2, 0.25) is 0 Å². The number of halogens is 15. The first-order valence-electron chi connectivity index (χ1n) is 24.4. The molecule has 1 nitrogen and oxygen atoms in total. The van der Waals surface area contributed by atoms with E-state index in [1.54, 1.807) is 0 Å². The summed E-state index contributed by atoms with van der Waals surface area (Å²) in [6.07, 6.45) is 27.2. The van der Waals surface area contributed by atoms with E-state index in [2.05, 4.69) is 13.8 Å². The van der Waals surface area contributed by atoms with Crippen molar-refractivity contribution in [2.45, 2.75) is 143 Å². The number of benzene rings is 5. The molecule has 0 amide bonds. The Hall–Kier alpha value is -3.29. The quantitative estimate of drug-likeness (QED) is 0.0611. The maximum Gasteiger partial charge on any atom is 3.00 e. The smallest absolute Gasteiger partial charge is 0.398 e. The number of hydrogen-bond acceptors (Lipinski definition) is 1. The Kier molecular flexibility index (Phi) is 29.3. The van der Waals surface area contributed by atoms with E-state index in [1.165, 1.54) is 127 Å². The molecular weight excluding hydrogens is 1150 g/mol. The summed E-state index contributed by atoms with van der Waals surface area (Å²) >= 11 is 0. The van der Waals surface area contributed by atoms with Crippen LogP contribution in [0.3, 0.4) is 0 Å². The standard InChI is InChI=1S/C18BF15.C15H15O.2C6H12.2C5H10.2Zr/c20-4-1(5(21)11(27)16(32)10(4)26)19(2-6(22)12(28)17(33)13(29)7(2)23)3-8(24)14(30)18(34)15(31)9(3)25;1-11-3-7-13(8-4-11)15(16)14-9-5-12(2)6-10-14;2*1-6-4-2-3-5-6;2*1-2-4-5-3-1;;/h;3-10,16H,1-2H3;2*6H,2-5H2,1H3;2*1-5H2;;/q2*-1;;;;;2*+3. The van der Waals surface area contributed by atoms with Gasteiger partial charge in [-0.3, -0.25) is 0 Å². The third-order valence-corrected chi connectivity index (χ3v) is 13.0. The molecule has 4 saturated carbocycles. The molecule has 0 aliphatic heterocycles. The minimum Gasteiger partial charge on any atom is -0.398 e. The number of aryl methyl sites for hydroxylation is 2. The molecule has 0 atom stereocenters. The molecule has 0 saturated heterocycles. The maximum atomic E-state index is 14.4. The van der Waals surface area contributed by atoms with Crippen molar-refractivity contribution < 1.29 is 123 Å². The van der Waals surface area contributed by atoms with Crippen molar-refractivity contribution in [3.8, 4) is 0 Å². The number of rotatable bonds is 5. The Labute approximate surface area is 462 Å². The molecule has 0 spiro atoms. The van der Waals surface area contributed by atoms with E-state index in [9.17, 15) is 71.0 Å². The van der Waals surface area contributed by atoms with Gasteiger partial charge in [0.15, 0.2) is 52.4 Å². The number of aliphatic hydroxyl groups excluding tert-OH is 1. The zero-order valence-corrected chi connectivity index (χ0v) is 46.6. The summed E-state index contributed by atoms with van der Waals surface area (Å²) in [5, 5.41) is 10.1. The second-order valence-electron chi connectivity index (χ2n) is 18.8. The van der Waals surface area contributed by atoms with E-state index in [1.807, 2.05) is 62.4 Å². The van der Waals surface area contributed by atoms with Crippen LogP contribution in [0.4, 0.5) is 65.9 Å². The molecular formula is C55H59BF15OZr2+4. The maximum absolute atomic E-state index is 14.4. The molecule has 3 radical (unpaired) electrons. The average Bonchev–Trinajstić information content (AvgIpc) is 4.26. The van der Waals surface area contributed by atoms with Gasteiger partial charge >= 0.3 is 52.4 Å². The Balaban J connectivity index is 0.000000379. The van der Waals surface area contributed by atoms with E-state index in [0.717, 1.165) is 23.0 Å². The zero-order chi connectivity index (χ0) is 53.4. The molecule has 9 rings (SSSR count). The fourth-order valence-corrected chi connectivity index (χ4v) is 8.68. The molecule has 0 heterocycles. The molecule has 397 valence electrons. The van der Waals surface area contributed by atoms with Gasteiger partial charge in [-0.05, 0) is 32.4 Å². The van der Waals surface area contributed by atoms with Crippen molar-refractivity contribution >= 4 is 23.1 Å². The molecule has 4 aliphatic rings. The van der Waals surface area contributed by atoms with Crippen LogP contribution in [0.1, 0.15) is 152 Å². The topological polar surface area (TPSA) is 20.2 Å². The van der Waals surface area contributed by atoms with Gasteiger partial charge in [-0.1, -0.05) is 176 Å². The zero-order valence-electron chi connectivity index (χ0n) is 41.7. The minimum absolute atomic E-state index is 0. The van der Waals surface area contributed by atoms with Crippen molar-refractivity contribution in [3.05, 3.63) is 164 Å². The van der Waals surface area contributed by atoms with Crippen molar-refractivity contribution in [2.24, 2.45) is 11.8 Å². The molecule has 5 aromatic carbocycles. The molecule has 4 fully saturated rings. The Morgan fingerprint density at radius 2 is 0.500 bits per heavy atom. The second kappa shape index (κ2) is 32.4. The molecule has 74 heavy (non-hydrogen) atoms. The van der Waals surface area contributed by atoms with Crippen molar-refractivity contribution in [1.29, 1.82) is 0 Å². The number of hydrogen-bond donors (Lipinski definition) is 1. The van der Waals surface area contributed by atoms with Crippen LogP contribution in [-0.2, 0) is 52.4 Å². The summed E-state index contributed by atoms with van der Waals surface area (Å²) in [5.74, 6) is -43.1. The van der Waals surface area contributed by atoms with Gasteiger partial charge in [-0.25, -0.2) is 65.9 Å². The normalized spacial score (nSPS) is 14.9. The summed E-state index contributed by atoms with van der Waals surface area (Å²) in [7, 11) is 0. The third-order valence-electron chi connectivity index (χ3n) is 13.0. The molecule has 0 aromatic heterocycles. The van der Waals surface area contributed by atoms with Crippen molar-refractivity contribution in [2.75, 3.05) is 0 Å². The van der Waals surface area contributed by atoms with Crippen LogP contribution >= 0.6 is 0 Å². The van der Waals surface area contributed by atoms with Crippen LogP contribution in [0.5, 0.6) is 0 Å². The predicted octanol–water partition coefficient (Wildman–Crippen LogP) is 16.2. The van der Waals surface area contributed by atoms with Gasteiger partial charge < -0.3 is 5.11 Å². The Morgan fingerprint density at radius 1 is 0.324 bits per heavy atom. The predicted molar refractivity (Wildman–Crippen MR) is 251 cm³/mol. The van der Waals surface area contributed by atoms with Gasteiger partial charge in [0.05, 0.1) is 0 Å². The van der Waals surface area contributed by atoms with E-state index < -0.39 is 110 Å². The molecule has 1 N–H and O–H groups in total. The second-order valence-corrected chi connectivity index (χ2v) is 18.8. The summed E-state index contributed by atoms with van der Waals surface area (Å²) < 4.78 is 209. The van der Waals surface area contributed by atoms with Gasteiger partial charge in [0.1, 0.15) is 34.9 Å². The van der Waals surface area contributed by atoms with Crippen LogP contribution in [0.2, 0.25) is 0 Å². The molecule has 5 aromatic rings. The van der Waals surface area contributed by atoms with Crippen LogP contribution < -0.4 is 16.4 Å². The fourth-order valence-electron chi connectivity index (χ4n) is 8.68. The monoisotopic (exact) mass is 1210 g/mol. The fraction of sp³-hybridized carbons (Fsp3) is 0.436. The number of aliphatic hydroxyl groups is 1. The van der Waals surface area contributed by atoms with Crippen LogP contribution in [-0.4, -0.2) is 11.8 Å². The first-order valence-corrected chi connectivity index (χ1v) is 24.4. The van der Waals surface area contributed by atoms with E-state index in [4.69, 9.17) is 0 Å². The molecule has 4 aliphatic carbocycles. The third kappa shape index (κ3) is 17.9. The summed E-state index contributed by atoms with van der Waals surface area (Å²) in [6.45, 7) is 4.79. The molecule has 0 unspecified atom stereocenters. The summed E-state index contributed by atoms with van der Waals surface area (Å²) in [5.41, 5.74) is -3.93. The molecule has 0 bridgehead atoms. The average molecular weight is 1210 g/mol. The largest absolute Gasteiger partial charge is 3.00 e.